The smallest absolute Gasteiger partial charge is 0.337 e. The Balaban J connectivity index is 1.97. The van der Waals surface area contributed by atoms with Crippen molar-refractivity contribution in [1.29, 1.82) is 0 Å². The van der Waals surface area contributed by atoms with E-state index < -0.39 is 20.4 Å². The first kappa shape index (κ1) is 23.6. The Hall–Kier alpha value is -1.56. The molecule has 2 aromatic carbocycles. The third kappa shape index (κ3) is 4.57. The van der Waals surface area contributed by atoms with Gasteiger partial charge in [-0.05, 0) is 46.3 Å². The molecule has 3 N–H and O–H groups in total. The molecule has 1 unspecified atom stereocenters. The van der Waals surface area contributed by atoms with E-state index in [4.69, 9.17) is 23.2 Å². The number of hydrogen-bond acceptors (Lipinski definition) is 7. The van der Waals surface area contributed by atoms with Gasteiger partial charge in [0.2, 0.25) is 0 Å². The first-order valence-corrected chi connectivity index (χ1v) is 13.5. The van der Waals surface area contributed by atoms with Crippen LogP contribution in [0.15, 0.2) is 45.9 Å². The highest BCUT2D eigenvalue weighted by Gasteiger charge is 2.33. The lowest BCUT2D eigenvalue weighted by molar-refractivity contribution is 0.0698. The molecule has 1 aromatic heterocycles. The Labute approximate surface area is 206 Å². The molecule has 0 aliphatic carbocycles. The first-order chi connectivity index (χ1) is 15.2. The van der Waals surface area contributed by atoms with Crippen molar-refractivity contribution >= 4 is 89.0 Å². The number of aromatic carboxylic acids is 1. The van der Waals surface area contributed by atoms with Crippen LogP contribution in [0, 0.1) is 0 Å². The zero-order valence-corrected chi connectivity index (χ0v) is 21.0. The molecular formula is C20H16BrCl2N3O4S2. The summed E-state index contributed by atoms with van der Waals surface area (Å²) in [4.78, 5) is 16.1. The van der Waals surface area contributed by atoms with Crippen LogP contribution in [0.3, 0.4) is 0 Å². The maximum Gasteiger partial charge on any atom is 0.337 e. The molecule has 2 heterocycles. The van der Waals surface area contributed by atoms with Crippen molar-refractivity contribution in [3.05, 3.63) is 56.6 Å². The SMILES string of the molecule is O=C(O)c1cc(Cl)ccc1Nc1c(S(=O)(=O)C2CNCCS2)cnc2c(Br)cc(Cl)cc12. The van der Waals surface area contributed by atoms with Gasteiger partial charge in [0, 0.05) is 44.9 Å². The van der Waals surface area contributed by atoms with E-state index in [-0.39, 0.29) is 26.9 Å². The topological polar surface area (TPSA) is 108 Å². The third-order valence-electron chi connectivity index (χ3n) is 4.87. The van der Waals surface area contributed by atoms with Gasteiger partial charge in [0.05, 0.1) is 22.5 Å². The maximum absolute atomic E-state index is 13.6. The number of halogens is 3. The fourth-order valence-electron chi connectivity index (χ4n) is 3.37. The van der Waals surface area contributed by atoms with Gasteiger partial charge in [-0.3, -0.25) is 4.98 Å². The van der Waals surface area contributed by atoms with Crippen molar-refractivity contribution in [3.8, 4) is 0 Å². The average molecular weight is 577 g/mol. The zero-order valence-electron chi connectivity index (χ0n) is 16.2. The fourth-order valence-corrected chi connectivity index (χ4v) is 7.80. The number of hydrogen-bond donors (Lipinski definition) is 3. The number of carboxylic acid groups (broad SMARTS) is 1. The number of fused-ring (bicyclic) bond motifs is 1. The molecule has 1 aliphatic rings. The summed E-state index contributed by atoms with van der Waals surface area (Å²) in [5.41, 5.74) is 0.780. The number of pyridine rings is 1. The van der Waals surface area contributed by atoms with Gasteiger partial charge in [-0.25, -0.2) is 13.2 Å². The van der Waals surface area contributed by atoms with E-state index in [1.807, 2.05) is 0 Å². The Morgan fingerprint density at radius 1 is 1.25 bits per heavy atom. The van der Waals surface area contributed by atoms with Crippen molar-refractivity contribution < 1.29 is 18.3 Å². The lowest BCUT2D eigenvalue weighted by Crippen LogP contribution is -2.37. The molecule has 32 heavy (non-hydrogen) atoms. The van der Waals surface area contributed by atoms with Crippen LogP contribution in [0.2, 0.25) is 10.0 Å². The molecule has 3 aromatic rings. The van der Waals surface area contributed by atoms with Gasteiger partial charge < -0.3 is 15.7 Å². The van der Waals surface area contributed by atoms with E-state index in [9.17, 15) is 18.3 Å². The van der Waals surface area contributed by atoms with Crippen LogP contribution in [-0.2, 0) is 9.84 Å². The Kier molecular flexibility index (Phi) is 6.90. The van der Waals surface area contributed by atoms with E-state index in [2.05, 4.69) is 31.5 Å². The highest BCUT2D eigenvalue weighted by atomic mass is 79.9. The quantitative estimate of drug-likeness (QED) is 0.381. The summed E-state index contributed by atoms with van der Waals surface area (Å²) in [5.74, 6) is -0.546. The summed E-state index contributed by atoms with van der Waals surface area (Å²) in [6, 6.07) is 7.57. The van der Waals surface area contributed by atoms with E-state index >= 15 is 0 Å². The van der Waals surface area contributed by atoms with Gasteiger partial charge >= 0.3 is 5.97 Å². The number of nitrogens with zero attached hydrogens (tertiary/aromatic N) is 1. The number of rotatable bonds is 5. The summed E-state index contributed by atoms with van der Waals surface area (Å²) < 4.78 is 27.0. The van der Waals surface area contributed by atoms with Gasteiger partial charge in [0.1, 0.15) is 9.48 Å². The second-order valence-corrected chi connectivity index (χ2v) is 12.4. The van der Waals surface area contributed by atoms with Gasteiger partial charge in [-0.15, -0.1) is 11.8 Å². The van der Waals surface area contributed by atoms with Crippen LogP contribution in [0.5, 0.6) is 0 Å². The van der Waals surface area contributed by atoms with E-state index in [0.29, 0.717) is 32.7 Å². The molecule has 1 atom stereocenters. The molecule has 1 aliphatic heterocycles. The largest absolute Gasteiger partial charge is 0.478 e. The number of anilines is 2. The molecular weight excluding hydrogens is 561 g/mol. The van der Waals surface area contributed by atoms with Crippen LogP contribution in [0.1, 0.15) is 10.4 Å². The Bertz CT molecular complexity index is 1330. The number of sulfone groups is 1. The summed E-state index contributed by atoms with van der Waals surface area (Å²) in [6.45, 7) is 1.03. The van der Waals surface area contributed by atoms with Crippen molar-refractivity contribution in [1.82, 2.24) is 10.3 Å². The van der Waals surface area contributed by atoms with Gasteiger partial charge in [-0.1, -0.05) is 23.2 Å². The second kappa shape index (κ2) is 9.36. The Morgan fingerprint density at radius 3 is 2.72 bits per heavy atom. The predicted octanol–water partition coefficient (Wildman–Crippen LogP) is 5.18. The lowest BCUT2D eigenvalue weighted by Gasteiger charge is -2.24. The molecule has 0 radical (unpaired) electrons. The van der Waals surface area contributed by atoms with E-state index in [1.54, 1.807) is 12.1 Å². The average Bonchev–Trinajstić information content (AvgIpc) is 2.75. The minimum Gasteiger partial charge on any atom is -0.478 e. The summed E-state index contributed by atoms with van der Waals surface area (Å²) in [5, 5.41) is 16.8. The van der Waals surface area contributed by atoms with Crippen molar-refractivity contribution in [2.45, 2.75) is 9.48 Å². The van der Waals surface area contributed by atoms with Crippen LogP contribution in [0.25, 0.3) is 10.9 Å². The highest BCUT2D eigenvalue weighted by molar-refractivity contribution is 9.10. The highest BCUT2D eigenvalue weighted by Crippen LogP contribution is 2.40. The summed E-state index contributed by atoms with van der Waals surface area (Å²) in [6.07, 6.45) is 1.30. The standard InChI is InChI=1S/C20H16BrCl2N3O4S2/c21-14-7-11(23)6-13-18(14)25-8-16(32(29,30)17-9-24-3-4-31-17)19(13)26-15-2-1-10(22)5-12(15)20(27)28/h1-2,5-8,17,24H,3-4,9H2,(H,25,26)(H,27,28). The normalized spacial score (nSPS) is 16.8. The van der Waals surface area contributed by atoms with Crippen LogP contribution in [0.4, 0.5) is 11.4 Å². The third-order valence-corrected chi connectivity index (χ3v) is 9.86. The second-order valence-electron chi connectivity index (χ2n) is 6.95. The molecule has 0 amide bonds. The van der Waals surface area contributed by atoms with Crippen LogP contribution >= 0.6 is 50.9 Å². The fraction of sp³-hybridized carbons (Fsp3) is 0.200. The monoisotopic (exact) mass is 575 g/mol. The number of aromatic nitrogens is 1. The van der Waals surface area contributed by atoms with Crippen molar-refractivity contribution in [3.63, 3.8) is 0 Å². The summed E-state index contributed by atoms with van der Waals surface area (Å²) >= 11 is 17.0. The molecule has 0 bridgehead atoms. The number of nitrogens with one attached hydrogen (secondary N) is 2. The molecule has 1 saturated heterocycles. The number of thioether (sulfide) groups is 1. The Morgan fingerprint density at radius 2 is 2.03 bits per heavy atom. The minimum atomic E-state index is -3.83. The molecule has 7 nitrogen and oxygen atoms in total. The van der Waals surface area contributed by atoms with Crippen molar-refractivity contribution in [2.75, 3.05) is 24.2 Å². The summed E-state index contributed by atoms with van der Waals surface area (Å²) in [7, 11) is -3.83. The minimum absolute atomic E-state index is 0.0355. The zero-order chi connectivity index (χ0) is 23.0. The molecule has 0 spiro atoms. The van der Waals surface area contributed by atoms with Gasteiger partial charge in [0.25, 0.3) is 0 Å². The van der Waals surface area contributed by atoms with Gasteiger partial charge in [-0.2, -0.15) is 0 Å². The molecule has 1 fully saturated rings. The lowest BCUT2D eigenvalue weighted by atomic mass is 10.1. The van der Waals surface area contributed by atoms with Crippen LogP contribution < -0.4 is 10.6 Å². The molecule has 12 heteroatoms. The maximum atomic E-state index is 13.6. The predicted molar refractivity (Wildman–Crippen MR) is 132 cm³/mol. The molecule has 0 saturated carbocycles. The molecule has 4 rings (SSSR count). The van der Waals surface area contributed by atoms with Crippen LogP contribution in [-0.4, -0.2) is 47.9 Å². The molecule has 168 valence electrons. The van der Waals surface area contributed by atoms with E-state index in [1.165, 1.54) is 36.2 Å². The van der Waals surface area contributed by atoms with Crippen molar-refractivity contribution in [2.24, 2.45) is 0 Å². The number of benzene rings is 2. The van der Waals surface area contributed by atoms with E-state index in [0.717, 1.165) is 6.54 Å². The number of carboxylic acids is 1. The number of carbonyl (C=O) groups is 1. The first-order valence-electron chi connectivity index (χ1n) is 9.32. The van der Waals surface area contributed by atoms with Gasteiger partial charge in [0.15, 0.2) is 9.84 Å².